The zero-order chi connectivity index (χ0) is 16.3. The number of para-hydroxylation sites is 1. The molecule has 0 saturated carbocycles. The first kappa shape index (κ1) is 14.0. The van der Waals surface area contributed by atoms with E-state index in [-0.39, 0.29) is 14.5 Å². The van der Waals surface area contributed by atoms with Gasteiger partial charge in [-0.05, 0) is 0 Å². The van der Waals surface area contributed by atoms with E-state index in [1.165, 1.54) is 36.2 Å². The predicted octanol–water partition coefficient (Wildman–Crippen LogP) is 4.60. The second-order valence-corrected chi connectivity index (χ2v) is 8.27. The van der Waals surface area contributed by atoms with Crippen LogP contribution in [-0.2, 0) is 7.05 Å². The molecule has 0 aliphatic heterocycles. The summed E-state index contributed by atoms with van der Waals surface area (Å²) in [6.45, 7) is 2.19. The number of rotatable bonds is 1. The van der Waals surface area contributed by atoms with Crippen molar-refractivity contribution in [1.29, 1.82) is 0 Å². The molecule has 0 radical (unpaired) electrons. The quantitative estimate of drug-likeness (QED) is 0.308. The summed E-state index contributed by atoms with van der Waals surface area (Å²) >= 11 is 0.240. The van der Waals surface area contributed by atoms with Gasteiger partial charge in [-0.3, -0.25) is 0 Å². The number of nitrogens with zero attached hydrogens (tertiary/aromatic N) is 1. The number of benzene rings is 3. The SMILES string of the molecule is Cc1ccccc1-c1[se]c2c3oc4ccccc4c3ccc2[n+]1C. The Morgan fingerprint density at radius 1 is 0.875 bits per heavy atom. The van der Waals surface area contributed by atoms with Crippen LogP contribution < -0.4 is 4.57 Å². The third-order valence-corrected chi connectivity index (χ3v) is 7.42. The Balaban J connectivity index is 1.91. The molecule has 116 valence electrons. The maximum absolute atomic E-state index is 6.23. The van der Waals surface area contributed by atoms with Gasteiger partial charge in [-0.1, -0.05) is 0 Å². The second kappa shape index (κ2) is 5.07. The summed E-state index contributed by atoms with van der Waals surface area (Å²) in [5.74, 6) is 0. The Morgan fingerprint density at radius 3 is 2.54 bits per heavy atom. The molecule has 24 heavy (non-hydrogen) atoms. The first-order valence-electron chi connectivity index (χ1n) is 8.03. The summed E-state index contributed by atoms with van der Waals surface area (Å²) < 4.78 is 11.3. The summed E-state index contributed by atoms with van der Waals surface area (Å²) in [5.41, 5.74) is 5.99. The van der Waals surface area contributed by atoms with Gasteiger partial charge >= 0.3 is 146 Å². The van der Waals surface area contributed by atoms with Gasteiger partial charge in [0, 0.05) is 0 Å². The number of aromatic nitrogens is 1. The van der Waals surface area contributed by atoms with Gasteiger partial charge in [0.2, 0.25) is 0 Å². The molecule has 5 rings (SSSR count). The number of fused-ring (bicyclic) bond motifs is 5. The molecule has 0 aliphatic rings. The van der Waals surface area contributed by atoms with Gasteiger partial charge in [-0.2, -0.15) is 0 Å². The van der Waals surface area contributed by atoms with E-state index in [1.54, 1.807) is 0 Å². The van der Waals surface area contributed by atoms with E-state index in [0.29, 0.717) is 0 Å². The summed E-state index contributed by atoms with van der Waals surface area (Å²) in [5, 5.41) is 2.43. The monoisotopic (exact) mass is 378 g/mol. The fraction of sp³-hybridized carbons (Fsp3) is 0.0952. The van der Waals surface area contributed by atoms with Crippen molar-refractivity contribution < 1.29 is 8.98 Å². The molecular weight excluding hydrogens is 361 g/mol. The molecule has 0 bridgehead atoms. The van der Waals surface area contributed by atoms with E-state index in [0.717, 1.165) is 11.2 Å². The zero-order valence-corrected chi connectivity index (χ0v) is 15.3. The van der Waals surface area contributed by atoms with Crippen LogP contribution in [0.5, 0.6) is 0 Å². The molecule has 3 aromatic carbocycles. The molecule has 5 aromatic rings. The van der Waals surface area contributed by atoms with Crippen LogP contribution in [0.25, 0.3) is 41.8 Å². The van der Waals surface area contributed by atoms with Crippen molar-refractivity contribution in [2.45, 2.75) is 6.92 Å². The molecule has 3 heteroatoms. The zero-order valence-electron chi connectivity index (χ0n) is 13.5. The van der Waals surface area contributed by atoms with Crippen molar-refractivity contribution in [3.05, 3.63) is 66.2 Å². The fourth-order valence-corrected chi connectivity index (χ4v) is 6.21. The van der Waals surface area contributed by atoms with Crippen molar-refractivity contribution in [3.8, 4) is 10.1 Å². The van der Waals surface area contributed by atoms with Crippen LogP contribution in [0.3, 0.4) is 0 Å². The van der Waals surface area contributed by atoms with Crippen molar-refractivity contribution in [1.82, 2.24) is 0 Å². The van der Waals surface area contributed by atoms with Gasteiger partial charge in [0.15, 0.2) is 0 Å². The van der Waals surface area contributed by atoms with Crippen LogP contribution in [0.15, 0.2) is 65.1 Å². The average Bonchev–Trinajstić information content (AvgIpc) is 3.14. The van der Waals surface area contributed by atoms with Crippen LogP contribution in [-0.4, -0.2) is 14.5 Å². The second-order valence-electron chi connectivity index (χ2n) is 6.17. The van der Waals surface area contributed by atoms with Crippen LogP contribution in [0.1, 0.15) is 5.56 Å². The number of furan rings is 1. The molecule has 0 saturated heterocycles. The van der Waals surface area contributed by atoms with Gasteiger partial charge < -0.3 is 0 Å². The fourth-order valence-electron chi connectivity index (χ4n) is 3.44. The van der Waals surface area contributed by atoms with Crippen molar-refractivity contribution in [2.24, 2.45) is 7.05 Å². The van der Waals surface area contributed by atoms with Crippen molar-refractivity contribution in [3.63, 3.8) is 0 Å². The molecular formula is C21H16NOSe+. The Kier molecular flexibility index (Phi) is 2.97. The topological polar surface area (TPSA) is 17.0 Å². The molecule has 0 unspecified atom stereocenters. The molecule has 0 atom stereocenters. The number of hydrogen-bond acceptors (Lipinski definition) is 1. The Hall–Kier alpha value is -2.35. The summed E-state index contributed by atoms with van der Waals surface area (Å²) in [7, 11) is 2.17. The van der Waals surface area contributed by atoms with Crippen LogP contribution in [0.2, 0.25) is 0 Å². The predicted molar refractivity (Wildman–Crippen MR) is 99.5 cm³/mol. The summed E-state index contributed by atoms with van der Waals surface area (Å²) in [6.07, 6.45) is 0. The third kappa shape index (κ3) is 1.86. The van der Waals surface area contributed by atoms with E-state index in [1.807, 2.05) is 6.07 Å². The molecule has 0 spiro atoms. The van der Waals surface area contributed by atoms with Gasteiger partial charge in [-0.15, -0.1) is 0 Å². The number of hydrogen-bond donors (Lipinski definition) is 0. The van der Waals surface area contributed by atoms with Crippen molar-refractivity contribution >= 4 is 46.2 Å². The van der Waals surface area contributed by atoms with Gasteiger partial charge in [0.25, 0.3) is 0 Å². The Bertz CT molecular complexity index is 1230. The first-order chi connectivity index (χ1) is 11.7. The summed E-state index contributed by atoms with van der Waals surface area (Å²) in [6, 6.07) is 21.4. The van der Waals surface area contributed by atoms with Gasteiger partial charge in [0.05, 0.1) is 0 Å². The molecule has 2 nitrogen and oxygen atoms in total. The van der Waals surface area contributed by atoms with E-state index < -0.39 is 0 Å². The first-order valence-corrected chi connectivity index (χ1v) is 9.74. The third-order valence-electron chi connectivity index (χ3n) is 4.72. The molecule has 0 amide bonds. The molecule has 2 aromatic heterocycles. The molecule has 2 heterocycles. The molecule has 0 aliphatic carbocycles. The minimum atomic E-state index is 0.240. The van der Waals surface area contributed by atoms with E-state index in [2.05, 4.69) is 73.1 Å². The van der Waals surface area contributed by atoms with Crippen molar-refractivity contribution in [2.75, 3.05) is 0 Å². The average molecular weight is 377 g/mol. The van der Waals surface area contributed by atoms with E-state index >= 15 is 0 Å². The number of aryl methyl sites for hydroxylation is 2. The van der Waals surface area contributed by atoms with Gasteiger partial charge in [0.1, 0.15) is 0 Å². The van der Waals surface area contributed by atoms with Gasteiger partial charge in [-0.25, -0.2) is 0 Å². The maximum atomic E-state index is 6.23. The summed E-state index contributed by atoms with van der Waals surface area (Å²) in [4.78, 5) is 0. The molecule has 0 fully saturated rings. The van der Waals surface area contributed by atoms with E-state index in [9.17, 15) is 0 Å². The van der Waals surface area contributed by atoms with Crippen LogP contribution >= 0.6 is 0 Å². The normalized spacial score (nSPS) is 11.8. The van der Waals surface area contributed by atoms with E-state index in [4.69, 9.17) is 4.42 Å². The van der Waals surface area contributed by atoms with Crippen LogP contribution in [0, 0.1) is 6.92 Å². The Morgan fingerprint density at radius 2 is 1.67 bits per heavy atom. The standard InChI is InChI=1S/C21H16NOSe/c1-13-7-3-4-8-14(13)21-22(2)17-12-11-16-15-9-5-6-10-18(15)23-19(16)20(17)24-21/h3-12H,1-2H3/q+1. The van der Waals surface area contributed by atoms with Crippen LogP contribution in [0.4, 0.5) is 0 Å². The molecule has 0 N–H and O–H groups in total. The minimum absolute atomic E-state index is 0.240. The Labute approximate surface area is 145 Å².